The Labute approximate surface area is 113 Å². The summed E-state index contributed by atoms with van der Waals surface area (Å²) in [5, 5.41) is 5.02. The molecule has 0 aromatic carbocycles. The quantitative estimate of drug-likeness (QED) is 0.942. The molecule has 2 aromatic heterocycles. The normalized spacial score (nSPS) is 10.3. The molecule has 0 aliphatic rings. The fourth-order valence-electron chi connectivity index (χ4n) is 1.43. The minimum Gasteiger partial charge on any atom is -0.357 e. The van der Waals surface area contributed by atoms with Gasteiger partial charge >= 0.3 is 0 Å². The summed E-state index contributed by atoms with van der Waals surface area (Å²) in [4.78, 5) is 11.9. The highest BCUT2D eigenvalue weighted by Gasteiger charge is 2.06. The standard InChI is InChI=1S/C11H13BrN4S/c1-13-11-14-4-3-10(15-11)16(2)6-9-5-8(12)7-17-9/h3-5,7H,6H2,1-2H3,(H,13,14,15). The third-order valence-electron chi connectivity index (χ3n) is 2.27. The molecule has 2 heterocycles. The maximum absolute atomic E-state index is 4.39. The van der Waals surface area contributed by atoms with Gasteiger partial charge in [0.2, 0.25) is 5.95 Å². The van der Waals surface area contributed by atoms with Gasteiger partial charge in [0.1, 0.15) is 5.82 Å². The Morgan fingerprint density at radius 3 is 3.00 bits per heavy atom. The molecule has 1 N–H and O–H groups in total. The Morgan fingerprint density at radius 1 is 1.53 bits per heavy atom. The Balaban J connectivity index is 2.11. The van der Waals surface area contributed by atoms with E-state index in [2.05, 4.69) is 47.6 Å². The maximum Gasteiger partial charge on any atom is 0.224 e. The van der Waals surface area contributed by atoms with E-state index in [1.165, 1.54) is 4.88 Å². The van der Waals surface area contributed by atoms with Crippen LogP contribution in [0, 0.1) is 0 Å². The summed E-state index contributed by atoms with van der Waals surface area (Å²) in [6.07, 6.45) is 1.76. The molecule has 0 spiro atoms. The number of nitrogens with zero attached hydrogens (tertiary/aromatic N) is 3. The van der Waals surface area contributed by atoms with Gasteiger partial charge in [0.05, 0.1) is 6.54 Å². The van der Waals surface area contributed by atoms with Gasteiger partial charge in [-0.3, -0.25) is 0 Å². The minimum absolute atomic E-state index is 0.640. The molecule has 2 aromatic rings. The second-order valence-electron chi connectivity index (χ2n) is 3.58. The fraction of sp³-hybridized carbons (Fsp3) is 0.273. The van der Waals surface area contributed by atoms with Crippen LogP contribution in [0.3, 0.4) is 0 Å². The van der Waals surface area contributed by atoms with Crippen LogP contribution >= 0.6 is 27.3 Å². The first-order valence-corrected chi connectivity index (χ1v) is 6.81. The maximum atomic E-state index is 4.39. The third kappa shape index (κ3) is 3.17. The molecular weight excluding hydrogens is 300 g/mol. The molecule has 0 aliphatic heterocycles. The van der Waals surface area contributed by atoms with E-state index in [1.54, 1.807) is 17.5 Å². The van der Waals surface area contributed by atoms with Crippen molar-refractivity contribution in [1.82, 2.24) is 9.97 Å². The largest absolute Gasteiger partial charge is 0.357 e. The Hall–Kier alpha value is -1.14. The lowest BCUT2D eigenvalue weighted by Gasteiger charge is -2.17. The summed E-state index contributed by atoms with van der Waals surface area (Å²) in [5.74, 6) is 1.55. The Kier molecular flexibility index (Phi) is 3.96. The van der Waals surface area contributed by atoms with Crippen LogP contribution < -0.4 is 10.2 Å². The summed E-state index contributed by atoms with van der Waals surface area (Å²) < 4.78 is 1.13. The topological polar surface area (TPSA) is 41.1 Å². The molecule has 0 unspecified atom stereocenters. The first-order chi connectivity index (χ1) is 8.19. The van der Waals surface area contributed by atoms with E-state index in [9.17, 15) is 0 Å². The van der Waals surface area contributed by atoms with E-state index in [1.807, 2.05) is 20.2 Å². The zero-order chi connectivity index (χ0) is 12.3. The minimum atomic E-state index is 0.640. The van der Waals surface area contributed by atoms with Crippen LogP contribution in [0.4, 0.5) is 11.8 Å². The van der Waals surface area contributed by atoms with Crippen molar-refractivity contribution in [1.29, 1.82) is 0 Å². The smallest absolute Gasteiger partial charge is 0.224 e. The SMILES string of the molecule is CNc1nccc(N(C)Cc2cc(Br)cs2)n1. The molecule has 0 bridgehead atoms. The van der Waals surface area contributed by atoms with Crippen molar-refractivity contribution in [3.63, 3.8) is 0 Å². The van der Waals surface area contributed by atoms with Crippen LogP contribution in [0.5, 0.6) is 0 Å². The molecule has 6 heteroatoms. The van der Waals surface area contributed by atoms with Crippen molar-refractivity contribution in [2.45, 2.75) is 6.54 Å². The summed E-state index contributed by atoms with van der Waals surface area (Å²) in [5.41, 5.74) is 0. The van der Waals surface area contributed by atoms with Gasteiger partial charge in [-0.15, -0.1) is 11.3 Å². The Morgan fingerprint density at radius 2 is 2.35 bits per heavy atom. The summed E-state index contributed by atoms with van der Waals surface area (Å²) in [6.45, 7) is 0.844. The molecule has 0 radical (unpaired) electrons. The predicted molar refractivity (Wildman–Crippen MR) is 75.7 cm³/mol. The molecule has 90 valence electrons. The summed E-state index contributed by atoms with van der Waals surface area (Å²) in [7, 11) is 3.84. The molecule has 2 rings (SSSR count). The number of aromatic nitrogens is 2. The zero-order valence-electron chi connectivity index (χ0n) is 9.64. The van der Waals surface area contributed by atoms with E-state index in [4.69, 9.17) is 0 Å². The highest BCUT2D eigenvalue weighted by atomic mass is 79.9. The van der Waals surface area contributed by atoms with Crippen molar-refractivity contribution < 1.29 is 0 Å². The lowest BCUT2D eigenvalue weighted by molar-refractivity contribution is 0.905. The van der Waals surface area contributed by atoms with Gasteiger partial charge < -0.3 is 10.2 Å². The third-order valence-corrected chi connectivity index (χ3v) is 3.95. The molecule has 0 fully saturated rings. The van der Waals surface area contributed by atoms with Crippen molar-refractivity contribution in [3.05, 3.63) is 33.1 Å². The van der Waals surface area contributed by atoms with Crippen LogP contribution in [0.2, 0.25) is 0 Å². The molecule has 0 saturated carbocycles. The molecule has 0 amide bonds. The second kappa shape index (κ2) is 5.46. The molecule has 0 atom stereocenters. The number of hydrogen-bond donors (Lipinski definition) is 1. The van der Waals surface area contributed by atoms with Crippen LogP contribution in [-0.2, 0) is 6.54 Å². The van der Waals surface area contributed by atoms with Crippen molar-refractivity contribution >= 4 is 39.0 Å². The highest BCUT2D eigenvalue weighted by Crippen LogP contribution is 2.22. The predicted octanol–water partition coefficient (Wildman–Crippen LogP) is 2.98. The molecule has 0 aliphatic carbocycles. The second-order valence-corrected chi connectivity index (χ2v) is 5.49. The van der Waals surface area contributed by atoms with Crippen LogP contribution in [-0.4, -0.2) is 24.1 Å². The monoisotopic (exact) mass is 312 g/mol. The Bertz CT molecular complexity index is 500. The van der Waals surface area contributed by atoms with Gasteiger partial charge in [-0.25, -0.2) is 4.98 Å². The van der Waals surface area contributed by atoms with E-state index >= 15 is 0 Å². The van der Waals surface area contributed by atoms with Gasteiger partial charge in [0.25, 0.3) is 0 Å². The average molecular weight is 313 g/mol. The molecule has 4 nitrogen and oxygen atoms in total. The average Bonchev–Trinajstić information content (AvgIpc) is 2.75. The number of hydrogen-bond acceptors (Lipinski definition) is 5. The first kappa shape index (κ1) is 12.3. The highest BCUT2D eigenvalue weighted by molar-refractivity contribution is 9.10. The van der Waals surface area contributed by atoms with Crippen molar-refractivity contribution in [3.8, 4) is 0 Å². The zero-order valence-corrected chi connectivity index (χ0v) is 12.0. The van der Waals surface area contributed by atoms with Gasteiger partial charge in [0.15, 0.2) is 0 Å². The summed E-state index contributed by atoms with van der Waals surface area (Å²) >= 11 is 5.19. The number of rotatable bonds is 4. The van der Waals surface area contributed by atoms with Gasteiger partial charge in [0, 0.05) is 35.0 Å². The lowest BCUT2D eigenvalue weighted by atomic mass is 10.4. The first-order valence-electron chi connectivity index (χ1n) is 5.14. The van der Waals surface area contributed by atoms with E-state index in [0.29, 0.717) is 5.95 Å². The van der Waals surface area contributed by atoms with Gasteiger partial charge in [-0.05, 0) is 28.1 Å². The molecule has 17 heavy (non-hydrogen) atoms. The van der Waals surface area contributed by atoms with Crippen molar-refractivity contribution in [2.75, 3.05) is 24.3 Å². The van der Waals surface area contributed by atoms with Crippen LogP contribution in [0.1, 0.15) is 4.88 Å². The number of halogens is 1. The lowest BCUT2D eigenvalue weighted by Crippen LogP contribution is -2.17. The fourth-order valence-corrected chi connectivity index (χ4v) is 2.94. The summed E-state index contributed by atoms with van der Waals surface area (Å²) in [6, 6.07) is 4.03. The van der Waals surface area contributed by atoms with Crippen molar-refractivity contribution in [2.24, 2.45) is 0 Å². The molecular formula is C11H13BrN4S. The van der Waals surface area contributed by atoms with Crippen LogP contribution in [0.15, 0.2) is 28.2 Å². The van der Waals surface area contributed by atoms with E-state index < -0.39 is 0 Å². The van der Waals surface area contributed by atoms with Gasteiger partial charge in [-0.2, -0.15) is 4.98 Å². The van der Waals surface area contributed by atoms with E-state index in [-0.39, 0.29) is 0 Å². The molecule has 0 saturated heterocycles. The number of nitrogens with one attached hydrogen (secondary N) is 1. The number of thiophene rings is 1. The number of anilines is 2. The van der Waals surface area contributed by atoms with E-state index in [0.717, 1.165) is 16.8 Å². The van der Waals surface area contributed by atoms with Gasteiger partial charge in [-0.1, -0.05) is 0 Å². The van der Waals surface area contributed by atoms with Crippen LogP contribution in [0.25, 0.3) is 0 Å².